The van der Waals surface area contributed by atoms with Gasteiger partial charge >= 0.3 is 0 Å². The van der Waals surface area contributed by atoms with Gasteiger partial charge in [0.1, 0.15) is 23.7 Å². The summed E-state index contributed by atoms with van der Waals surface area (Å²) in [6, 6.07) is 11.1. The van der Waals surface area contributed by atoms with Crippen molar-refractivity contribution in [3.05, 3.63) is 105 Å². The van der Waals surface area contributed by atoms with Gasteiger partial charge in [-0.2, -0.15) is 5.10 Å². The SMILES string of the molecule is CN=Cc1cccn(Cc2cncc(F)c2COc2cccc3c(-c4[nH]ncc4C)cc(C)nc23)c1=O. The summed E-state index contributed by atoms with van der Waals surface area (Å²) in [6.07, 6.45) is 7.64. The second-order valence-electron chi connectivity index (χ2n) is 8.72. The standard InChI is InChI=1S/C28H25FN6O2/c1-17-11-32-34-26(17)22-10-18(2)33-27-21(22)7-4-8-25(27)37-16-23-20(13-31-14-24(23)29)15-35-9-5-6-19(12-30-3)28(35)36/h4-14H,15-16H2,1-3H3,(H,32,34). The summed E-state index contributed by atoms with van der Waals surface area (Å²) < 4.78 is 22.6. The predicted molar refractivity (Wildman–Crippen MR) is 141 cm³/mol. The Balaban J connectivity index is 1.50. The number of rotatable bonds is 7. The first-order valence-electron chi connectivity index (χ1n) is 11.7. The summed E-state index contributed by atoms with van der Waals surface area (Å²) in [5.41, 5.74) is 5.49. The Kier molecular flexibility index (Phi) is 6.59. The Morgan fingerprint density at radius 1 is 1.16 bits per heavy atom. The number of fused-ring (bicyclic) bond motifs is 1. The quantitative estimate of drug-likeness (QED) is 0.332. The van der Waals surface area contributed by atoms with E-state index in [1.807, 2.05) is 38.1 Å². The number of aryl methyl sites for hydroxylation is 2. The number of aliphatic imine (C=N–C) groups is 1. The van der Waals surface area contributed by atoms with E-state index in [2.05, 4.69) is 20.2 Å². The first-order chi connectivity index (χ1) is 18.0. The van der Waals surface area contributed by atoms with Crippen LogP contribution < -0.4 is 10.3 Å². The molecule has 37 heavy (non-hydrogen) atoms. The molecule has 0 saturated heterocycles. The molecule has 0 spiro atoms. The van der Waals surface area contributed by atoms with Crippen LogP contribution in [0.1, 0.15) is 27.9 Å². The Morgan fingerprint density at radius 3 is 2.81 bits per heavy atom. The van der Waals surface area contributed by atoms with Crippen molar-refractivity contribution in [3.63, 3.8) is 0 Å². The van der Waals surface area contributed by atoms with Gasteiger partial charge in [-0.05, 0) is 49.2 Å². The number of ether oxygens (including phenoxy) is 1. The molecule has 8 nitrogen and oxygen atoms in total. The van der Waals surface area contributed by atoms with Gasteiger partial charge in [-0.25, -0.2) is 9.37 Å². The summed E-state index contributed by atoms with van der Waals surface area (Å²) in [5.74, 6) is 0.0232. The normalized spacial score (nSPS) is 11.5. The number of pyridine rings is 3. The zero-order chi connectivity index (χ0) is 25.9. The molecule has 0 aliphatic rings. The van der Waals surface area contributed by atoms with Crippen molar-refractivity contribution in [2.45, 2.75) is 27.0 Å². The van der Waals surface area contributed by atoms with Gasteiger partial charge in [0.15, 0.2) is 0 Å². The maximum Gasteiger partial charge on any atom is 0.259 e. The van der Waals surface area contributed by atoms with E-state index in [-0.39, 0.29) is 18.7 Å². The number of aromatic amines is 1. The highest BCUT2D eigenvalue weighted by molar-refractivity contribution is 5.97. The van der Waals surface area contributed by atoms with E-state index < -0.39 is 5.82 Å². The molecule has 5 rings (SSSR count). The van der Waals surface area contributed by atoms with E-state index in [1.165, 1.54) is 10.8 Å². The average Bonchev–Trinajstić information content (AvgIpc) is 3.31. The molecule has 0 bridgehead atoms. The molecule has 1 aromatic carbocycles. The molecule has 0 saturated carbocycles. The van der Waals surface area contributed by atoms with Crippen molar-refractivity contribution in [1.29, 1.82) is 0 Å². The number of nitrogens with zero attached hydrogens (tertiary/aromatic N) is 5. The van der Waals surface area contributed by atoms with Crippen LogP contribution in [0.25, 0.3) is 22.2 Å². The van der Waals surface area contributed by atoms with Gasteiger partial charge in [0.05, 0.1) is 30.2 Å². The van der Waals surface area contributed by atoms with Gasteiger partial charge < -0.3 is 9.30 Å². The molecule has 1 N–H and O–H groups in total. The van der Waals surface area contributed by atoms with Gasteiger partial charge in [0.2, 0.25) is 0 Å². The van der Waals surface area contributed by atoms with E-state index in [4.69, 9.17) is 9.72 Å². The number of hydrogen-bond acceptors (Lipinski definition) is 6. The number of nitrogens with one attached hydrogen (secondary N) is 1. The lowest BCUT2D eigenvalue weighted by molar-refractivity contribution is 0.300. The summed E-state index contributed by atoms with van der Waals surface area (Å²) >= 11 is 0. The number of para-hydroxylation sites is 1. The van der Waals surface area contributed by atoms with Crippen molar-refractivity contribution in [3.8, 4) is 17.0 Å². The zero-order valence-electron chi connectivity index (χ0n) is 20.7. The molecular weight excluding hydrogens is 471 g/mol. The molecule has 0 amide bonds. The number of hydrogen-bond donors (Lipinski definition) is 1. The summed E-state index contributed by atoms with van der Waals surface area (Å²) in [6.45, 7) is 4.00. The van der Waals surface area contributed by atoms with Gasteiger partial charge in [-0.1, -0.05) is 12.1 Å². The van der Waals surface area contributed by atoms with E-state index in [0.717, 1.165) is 34.1 Å². The monoisotopic (exact) mass is 496 g/mol. The van der Waals surface area contributed by atoms with E-state index >= 15 is 0 Å². The minimum Gasteiger partial charge on any atom is -0.486 e. The third-order valence-electron chi connectivity index (χ3n) is 6.15. The van der Waals surface area contributed by atoms with Crippen LogP contribution in [0.4, 0.5) is 4.39 Å². The lowest BCUT2D eigenvalue weighted by atomic mass is 10.0. The largest absolute Gasteiger partial charge is 0.486 e. The Morgan fingerprint density at radius 2 is 2.03 bits per heavy atom. The van der Waals surface area contributed by atoms with E-state index in [9.17, 15) is 9.18 Å². The minimum absolute atomic E-state index is 0.0539. The Labute approximate surface area is 212 Å². The second kappa shape index (κ2) is 10.1. The van der Waals surface area contributed by atoms with Gasteiger partial charge in [0, 0.05) is 47.9 Å². The van der Waals surface area contributed by atoms with Crippen LogP contribution in [-0.2, 0) is 13.2 Å². The van der Waals surface area contributed by atoms with Crippen LogP contribution >= 0.6 is 0 Å². The highest BCUT2D eigenvalue weighted by atomic mass is 19.1. The fourth-order valence-corrected chi connectivity index (χ4v) is 4.34. The lowest BCUT2D eigenvalue weighted by Gasteiger charge is -2.15. The van der Waals surface area contributed by atoms with Crippen LogP contribution in [0.2, 0.25) is 0 Å². The molecule has 0 radical (unpaired) electrons. The zero-order valence-corrected chi connectivity index (χ0v) is 20.7. The fourth-order valence-electron chi connectivity index (χ4n) is 4.34. The number of H-pyrrole nitrogens is 1. The first-order valence-corrected chi connectivity index (χ1v) is 11.7. The predicted octanol–water partition coefficient (Wildman–Crippen LogP) is 4.61. The van der Waals surface area contributed by atoms with Crippen LogP contribution in [0, 0.1) is 19.7 Å². The van der Waals surface area contributed by atoms with Crippen molar-refractivity contribution in [1.82, 2.24) is 24.7 Å². The molecule has 0 aliphatic heterocycles. The lowest BCUT2D eigenvalue weighted by Crippen LogP contribution is -2.24. The molecule has 4 heterocycles. The van der Waals surface area contributed by atoms with Gasteiger partial charge in [-0.15, -0.1) is 0 Å². The molecule has 4 aromatic heterocycles. The third kappa shape index (κ3) is 4.75. The smallest absolute Gasteiger partial charge is 0.259 e. The molecule has 0 fully saturated rings. The molecule has 0 aliphatic carbocycles. The molecule has 9 heteroatoms. The first kappa shape index (κ1) is 24.1. The molecule has 0 atom stereocenters. The summed E-state index contributed by atoms with van der Waals surface area (Å²) in [7, 11) is 1.60. The molecule has 0 unspecified atom stereocenters. The van der Waals surface area contributed by atoms with Gasteiger partial charge in [0.25, 0.3) is 5.56 Å². The Bertz CT molecular complexity index is 1690. The van der Waals surface area contributed by atoms with Crippen molar-refractivity contribution >= 4 is 17.1 Å². The van der Waals surface area contributed by atoms with E-state index in [1.54, 1.807) is 37.8 Å². The van der Waals surface area contributed by atoms with Crippen LogP contribution in [-0.4, -0.2) is 38.0 Å². The maximum atomic E-state index is 15.0. The Hall–Kier alpha value is -4.66. The van der Waals surface area contributed by atoms with E-state index in [0.29, 0.717) is 28.0 Å². The van der Waals surface area contributed by atoms with Crippen LogP contribution in [0.3, 0.4) is 0 Å². The second-order valence-corrected chi connectivity index (χ2v) is 8.72. The molecule has 5 aromatic rings. The summed E-state index contributed by atoms with van der Waals surface area (Å²) in [5, 5.41) is 8.11. The van der Waals surface area contributed by atoms with Crippen molar-refractivity contribution in [2.24, 2.45) is 4.99 Å². The topological polar surface area (TPSA) is 98.1 Å². The number of halogens is 1. The van der Waals surface area contributed by atoms with Gasteiger partial charge in [-0.3, -0.25) is 19.9 Å². The average molecular weight is 497 g/mol. The number of benzene rings is 1. The van der Waals surface area contributed by atoms with Crippen LogP contribution in [0.15, 0.2) is 71.0 Å². The summed E-state index contributed by atoms with van der Waals surface area (Å²) in [4.78, 5) is 25.4. The van der Waals surface area contributed by atoms with Crippen molar-refractivity contribution in [2.75, 3.05) is 7.05 Å². The highest BCUT2D eigenvalue weighted by Crippen LogP contribution is 2.34. The number of aromatic nitrogens is 5. The van der Waals surface area contributed by atoms with Crippen molar-refractivity contribution < 1.29 is 9.13 Å². The molecule has 186 valence electrons. The fraction of sp³-hybridized carbons (Fsp3) is 0.179. The molecular formula is C28H25FN6O2. The van der Waals surface area contributed by atoms with Crippen LogP contribution in [0.5, 0.6) is 5.75 Å². The highest BCUT2D eigenvalue weighted by Gasteiger charge is 2.16. The minimum atomic E-state index is -0.505. The maximum absolute atomic E-state index is 15.0. The third-order valence-corrected chi connectivity index (χ3v) is 6.15.